The molecule has 6 heteroatoms. The number of imide groups is 1. The van der Waals surface area contributed by atoms with E-state index >= 15 is 0 Å². The molecule has 0 saturated carbocycles. The molecule has 2 aromatic rings. The number of amides is 3. The van der Waals surface area contributed by atoms with Crippen molar-refractivity contribution in [3.63, 3.8) is 0 Å². The fourth-order valence-corrected chi connectivity index (χ4v) is 2.34. The summed E-state index contributed by atoms with van der Waals surface area (Å²) in [5, 5.41) is 4.62. The number of hydrogen-bond donors (Lipinski definition) is 2. The standard InChI is InChI=1S/C17H12N2O4/c20-14(8-10-4-2-1-3-5-10)18-11-6-7-12-13(9-11)15(21)17(23)19-16(12)22/h1-7,9H,8H2,(H,18,20)(H,19,22,23). The SMILES string of the molecule is O=C(Cc1ccccc1)Nc1ccc2c(c1)C(=O)C(=O)NC2=O. The molecule has 0 bridgehead atoms. The van der Waals surface area contributed by atoms with E-state index in [1.165, 1.54) is 18.2 Å². The van der Waals surface area contributed by atoms with Crippen molar-refractivity contribution in [2.24, 2.45) is 0 Å². The third kappa shape index (κ3) is 3.01. The molecule has 0 unspecified atom stereocenters. The van der Waals surface area contributed by atoms with Crippen molar-refractivity contribution < 1.29 is 19.2 Å². The highest BCUT2D eigenvalue weighted by Gasteiger charge is 2.30. The van der Waals surface area contributed by atoms with E-state index in [9.17, 15) is 19.2 Å². The van der Waals surface area contributed by atoms with E-state index in [1.54, 1.807) is 0 Å². The maximum Gasteiger partial charge on any atom is 0.299 e. The summed E-state index contributed by atoms with van der Waals surface area (Å²) in [7, 11) is 0. The van der Waals surface area contributed by atoms with E-state index in [-0.39, 0.29) is 23.5 Å². The van der Waals surface area contributed by atoms with Gasteiger partial charge in [-0.15, -0.1) is 0 Å². The van der Waals surface area contributed by atoms with Crippen LogP contribution in [0.2, 0.25) is 0 Å². The van der Waals surface area contributed by atoms with Crippen LogP contribution in [0.15, 0.2) is 48.5 Å². The zero-order valence-electron chi connectivity index (χ0n) is 12.0. The highest BCUT2D eigenvalue weighted by Crippen LogP contribution is 2.20. The molecule has 2 N–H and O–H groups in total. The lowest BCUT2D eigenvalue weighted by molar-refractivity contribution is -0.116. The second kappa shape index (κ2) is 5.84. The number of hydrogen-bond acceptors (Lipinski definition) is 4. The van der Waals surface area contributed by atoms with Gasteiger partial charge < -0.3 is 5.32 Å². The van der Waals surface area contributed by atoms with Crippen molar-refractivity contribution in [3.8, 4) is 0 Å². The molecular weight excluding hydrogens is 296 g/mol. The highest BCUT2D eigenvalue weighted by molar-refractivity contribution is 6.49. The molecule has 0 fully saturated rings. The largest absolute Gasteiger partial charge is 0.326 e. The average Bonchev–Trinajstić information content (AvgIpc) is 2.53. The minimum Gasteiger partial charge on any atom is -0.326 e. The lowest BCUT2D eigenvalue weighted by Crippen LogP contribution is -2.42. The van der Waals surface area contributed by atoms with Gasteiger partial charge in [-0.05, 0) is 23.8 Å². The fraction of sp³-hybridized carbons (Fsp3) is 0.0588. The van der Waals surface area contributed by atoms with Crippen LogP contribution in [0.25, 0.3) is 0 Å². The van der Waals surface area contributed by atoms with Crippen LogP contribution in [-0.4, -0.2) is 23.5 Å². The minimum absolute atomic E-state index is 0.00346. The smallest absolute Gasteiger partial charge is 0.299 e. The third-order valence-corrected chi connectivity index (χ3v) is 3.43. The van der Waals surface area contributed by atoms with Crippen molar-refractivity contribution in [2.75, 3.05) is 5.32 Å². The van der Waals surface area contributed by atoms with Gasteiger partial charge in [0.2, 0.25) is 5.91 Å². The van der Waals surface area contributed by atoms with Crippen LogP contribution in [0.3, 0.4) is 0 Å². The van der Waals surface area contributed by atoms with Gasteiger partial charge >= 0.3 is 0 Å². The van der Waals surface area contributed by atoms with Gasteiger partial charge in [-0.25, -0.2) is 0 Å². The Morgan fingerprint density at radius 3 is 2.39 bits per heavy atom. The molecule has 1 aliphatic heterocycles. The maximum absolute atomic E-state index is 12.0. The summed E-state index contributed by atoms with van der Waals surface area (Å²) in [5.74, 6) is -2.63. The molecule has 3 rings (SSSR count). The second-order valence-electron chi connectivity index (χ2n) is 5.08. The van der Waals surface area contributed by atoms with E-state index in [0.717, 1.165) is 5.56 Å². The number of benzene rings is 2. The Hall–Kier alpha value is -3.28. The summed E-state index contributed by atoms with van der Waals surface area (Å²) in [4.78, 5) is 46.8. The Morgan fingerprint density at radius 2 is 1.65 bits per heavy atom. The van der Waals surface area contributed by atoms with Crippen LogP contribution in [0.1, 0.15) is 26.3 Å². The molecule has 0 radical (unpaired) electrons. The Balaban J connectivity index is 1.79. The Bertz CT molecular complexity index is 828. The first-order valence-electron chi connectivity index (χ1n) is 6.92. The van der Waals surface area contributed by atoms with Gasteiger partial charge in [0.1, 0.15) is 0 Å². The van der Waals surface area contributed by atoms with E-state index in [1.807, 2.05) is 35.6 Å². The predicted octanol–water partition coefficient (Wildman–Crippen LogP) is 1.32. The summed E-state index contributed by atoms with van der Waals surface area (Å²) in [6.45, 7) is 0. The monoisotopic (exact) mass is 308 g/mol. The summed E-state index contributed by atoms with van der Waals surface area (Å²) >= 11 is 0. The number of anilines is 1. The lowest BCUT2D eigenvalue weighted by Gasteiger charge is -2.15. The molecule has 2 aromatic carbocycles. The summed E-state index contributed by atoms with van der Waals surface area (Å²) in [6.07, 6.45) is 0.186. The minimum atomic E-state index is -0.963. The second-order valence-corrected chi connectivity index (χ2v) is 5.08. The number of rotatable bonds is 3. The molecule has 1 heterocycles. The van der Waals surface area contributed by atoms with Gasteiger partial charge in [0.15, 0.2) is 0 Å². The molecule has 0 atom stereocenters. The Kier molecular flexibility index (Phi) is 3.72. The quantitative estimate of drug-likeness (QED) is 0.661. The molecule has 6 nitrogen and oxygen atoms in total. The van der Waals surface area contributed by atoms with Crippen LogP contribution in [0, 0.1) is 0 Å². The first-order chi connectivity index (χ1) is 11.0. The normalized spacial score (nSPS) is 13.3. The van der Waals surface area contributed by atoms with Gasteiger partial charge in [-0.1, -0.05) is 30.3 Å². The van der Waals surface area contributed by atoms with Gasteiger partial charge in [-0.2, -0.15) is 0 Å². The van der Waals surface area contributed by atoms with Crippen molar-refractivity contribution in [1.82, 2.24) is 5.32 Å². The molecule has 0 aromatic heterocycles. The number of fused-ring (bicyclic) bond motifs is 1. The summed E-state index contributed by atoms with van der Waals surface area (Å²) < 4.78 is 0. The van der Waals surface area contributed by atoms with Gasteiger partial charge in [0, 0.05) is 11.3 Å². The molecule has 23 heavy (non-hydrogen) atoms. The summed E-state index contributed by atoms with van der Waals surface area (Å²) in [6, 6.07) is 13.5. The van der Waals surface area contributed by atoms with E-state index < -0.39 is 17.6 Å². The average molecular weight is 308 g/mol. The topological polar surface area (TPSA) is 92.3 Å². The number of carbonyl (C=O) groups excluding carboxylic acids is 4. The van der Waals surface area contributed by atoms with Crippen LogP contribution < -0.4 is 10.6 Å². The predicted molar refractivity (Wildman–Crippen MR) is 82.0 cm³/mol. The zero-order valence-corrected chi connectivity index (χ0v) is 12.0. The number of nitrogens with one attached hydrogen (secondary N) is 2. The van der Waals surface area contributed by atoms with Gasteiger partial charge in [-0.3, -0.25) is 24.5 Å². The third-order valence-electron chi connectivity index (χ3n) is 3.43. The Morgan fingerprint density at radius 1 is 0.913 bits per heavy atom. The fourth-order valence-electron chi connectivity index (χ4n) is 2.34. The number of ketones is 1. The molecular formula is C17H12N2O4. The van der Waals surface area contributed by atoms with Crippen LogP contribution in [0.4, 0.5) is 5.69 Å². The molecule has 0 saturated heterocycles. The van der Waals surface area contributed by atoms with E-state index in [4.69, 9.17) is 0 Å². The van der Waals surface area contributed by atoms with Crippen LogP contribution >= 0.6 is 0 Å². The zero-order chi connectivity index (χ0) is 16.4. The molecule has 3 amide bonds. The van der Waals surface area contributed by atoms with Crippen molar-refractivity contribution in [3.05, 3.63) is 65.2 Å². The van der Waals surface area contributed by atoms with Crippen LogP contribution in [0.5, 0.6) is 0 Å². The van der Waals surface area contributed by atoms with Crippen molar-refractivity contribution in [1.29, 1.82) is 0 Å². The molecule has 1 aliphatic rings. The maximum atomic E-state index is 12.0. The van der Waals surface area contributed by atoms with Crippen LogP contribution in [-0.2, 0) is 16.0 Å². The Labute approximate surface area is 131 Å². The van der Waals surface area contributed by atoms with Gasteiger partial charge in [0.25, 0.3) is 17.6 Å². The number of carbonyl (C=O) groups is 4. The van der Waals surface area contributed by atoms with Gasteiger partial charge in [0.05, 0.1) is 12.0 Å². The lowest BCUT2D eigenvalue weighted by atomic mass is 9.98. The molecule has 0 aliphatic carbocycles. The molecule has 114 valence electrons. The van der Waals surface area contributed by atoms with Crippen molar-refractivity contribution >= 4 is 29.2 Å². The number of Topliss-reactive ketones (excluding diaryl/α,β-unsaturated/α-hetero) is 1. The highest BCUT2D eigenvalue weighted by atomic mass is 16.2. The first-order valence-corrected chi connectivity index (χ1v) is 6.92. The molecule has 0 spiro atoms. The van der Waals surface area contributed by atoms with E-state index in [0.29, 0.717) is 5.69 Å². The summed E-state index contributed by atoms with van der Waals surface area (Å²) in [5.41, 5.74) is 1.33. The van der Waals surface area contributed by atoms with Crippen molar-refractivity contribution in [2.45, 2.75) is 6.42 Å². The first kappa shape index (κ1) is 14.6. The van der Waals surface area contributed by atoms with E-state index in [2.05, 4.69) is 5.32 Å².